The van der Waals surface area contributed by atoms with Crippen LogP contribution in [0, 0.1) is 0 Å². The van der Waals surface area contributed by atoms with Gasteiger partial charge in [0.2, 0.25) is 0 Å². The summed E-state index contributed by atoms with van der Waals surface area (Å²) in [5.74, 6) is 0. The minimum Gasteiger partial charge on any atom is -0.395 e. The molecule has 1 aromatic rings. The molecule has 1 heterocycles. The predicted molar refractivity (Wildman–Crippen MR) is 48.8 cm³/mol. The number of hydrogen-bond acceptors (Lipinski definition) is 2. The Kier molecular flexibility index (Phi) is 3.31. The first-order valence-electron chi connectivity index (χ1n) is 4.12. The maximum atomic E-state index is 8.67. The summed E-state index contributed by atoms with van der Waals surface area (Å²) in [6.07, 6.45) is 4.12. The molecule has 1 rings (SSSR count). The number of aromatic nitrogens is 1. The van der Waals surface area contributed by atoms with Gasteiger partial charge in [0.25, 0.3) is 0 Å². The normalized spacial score (nSPS) is 11.0. The predicted octanol–water partition coefficient (Wildman–Crippen LogP) is 0.449. The van der Waals surface area contributed by atoms with Crippen LogP contribution in [0.3, 0.4) is 0 Å². The molecule has 0 bridgehead atoms. The molecule has 12 heavy (non-hydrogen) atoms. The van der Waals surface area contributed by atoms with E-state index >= 15 is 0 Å². The maximum Gasteiger partial charge on any atom is 0.0558 e. The van der Waals surface area contributed by atoms with Gasteiger partial charge in [-0.2, -0.15) is 0 Å². The quantitative estimate of drug-likeness (QED) is 0.707. The summed E-state index contributed by atoms with van der Waals surface area (Å²) < 4.78 is 2.03. The molecule has 3 nitrogen and oxygen atoms in total. The minimum absolute atomic E-state index is 0.226. The standard InChI is InChI=1S/C9H16N2O/c1-10-4-3-9(7-10)8-11(2)5-6-12/h3-4,7,12H,5-6,8H2,1-2H3. The van der Waals surface area contributed by atoms with E-state index < -0.39 is 0 Å². The summed E-state index contributed by atoms with van der Waals surface area (Å²) in [5.41, 5.74) is 1.29. The molecule has 0 radical (unpaired) electrons. The fourth-order valence-electron chi connectivity index (χ4n) is 1.22. The zero-order valence-electron chi connectivity index (χ0n) is 7.70. The fourth-order valence-corrected chi connectivity index (χ4v) is 1.22. The highest BCUT2D eigenvalue weighted by Gasteiger charge is 1.99. The van der Waals surface area contributed by atoms with E-state index in [1.54, 1.807) is 0 Å². The van der Waals surface area contributed by atoms with Crippen LogP contribution in [0.15, 0.2) is 18.5 Å². The summed E-state index contributed by atoms with van der Waals surface area (Å²) in [5, 5.41) is 8.67. The number of hydrogen-bond donors (Lipinski definition) is 1. The largest absolute Gasteiger partial charge is 0.395 e. The van der Waals surface area contributed by atoms with Gasteiger partial charge in [0, 0.05) is 32.5 Å². The Balaban J connectivity index is 2.41. The van der Waals surface area contributed by atoms with Gasteiger partial charge in [-0.15, -0.1) is 0 Å². The van der Waals surface area contributed by atoms with E-state index in [2.05, 4.69) is 17.2 Å². The van der Waals surface area contributed by atoms with Crippen LogP contribution in [0.2, 0.25) is 0 Å². The van der Waals surface area contributed by atoms with E-state index in [0.29, 0.717) is 0 Å². The van der Waals surface area contributed by atoms with E-state index in [9.17, 15) is 0 Å². The van der Waals surface area contributed by atoms with Gasteiger partial charge >= 0.3 is 0 Å². The molecule has 0 aliphatic carbocycles. The van der Waals surface area contributed by atoms with Crippen LogP contribution in [0.4, 0.5) is 0 Å². The second kappa shape index (κ2) is 4.28. The number of likely N-dealkylation sites (N-methyl/N-ethyl adjacent to an activating group) is 1. The lowest BCUT2D eigenvalue weighted by Crippen LogP contribution is -2.21. The zero-order chi connectivity index (χ0) is 8.97. The molecule has 0 saturated carbocycles. The lowest BCUT2D eigenvalue weighted by atomic mass is 10.3. The lowest BCUT2D eigenvalue weighted by Gasteiger charge is -2.13. The van der Waals surface area contributed by atoms with E-state index in [1.807, 2.05) is 24.9 Å². The van der Waals surface area contributed by atoms with Crippen molar-refractivity contribution in [2.45, 2.75) is 6.54 Å². The third kappa shape index (κ3) is 2.68. The van der Waals surface area contributed by atoms with Crippen LogP contribution < -0.4 is 0 Å². The number of nitrogens with zero attached hydrogens (tertiary/aromatic N) is 2. The van der Waals surface area contributed by atoms with Crippen LogP contribution >= 0.6 is 0 Å². The van der Waals surface area contributed by atoms with Crippen molar-refractivity contribution in [2.75, 3.05) is 20.2 Å². The Morgan fingerprint density at radius 1 is 1.58 bits per heavy atom. The SMILES string of the molecule is CN(CCO)Cc1ccn(C)c1. The summed E-state index contributed by atoms with van der Waals surface area (Å²) in [4.78, 5) is 2.09. The summed E-state index contributed by atoms with van der Waals surface area (Å²) in [7, 11) is 4.01. The number of aliphatic hydroxyl groups is 1. The molecule has 0 unspecified atom stereocenters. The molecule has 1 N–H and O–H groups in total. The van der Waals surface area contributed by atoms with Crippen molar-refractivity contribution in [3.05, 3.63) is 24.0 Å². The van der Waals surface area contributed by atoms with Gasteiger partial charge < -0.3 is 9.67 Å². The third-order valence-electron chi connectivity index (χ3n) is 1.83. The van der Waals surface area contributed by atoms with E-state index in [-0.39, 0.29) is 6.61 Å². The average Bonchev–Trinajstić information content (AvgIpc) is 2.36. The van der Waals surface area contributed by atoms with Crippen molar-refractivity contribution in [1.82, 2.24) is 9.47 Å². The zero-order valence-corrected chi connectivity index (χ0v) is 7.70. The van der Waals surface area contributed by atoms with Crippen LogP contribution in [0.5, 0.6) is 0 Å². The van der Waals surface area contributed by atoms with Crippen LogP contribution in [0.25, 0.3) is 0 Å². The molecule has 0 amide bonds. The summed E-state index contributed by atoms with van der Waals surface area (Å²) in [6, 6.07) is 2.09. The Hall–Kier alpha value is -0.800. The van der Waals surface area contributed by atoms with Crippen molar-refractivity contribution in [2.24, 2.45) is 7.05 Å². The molecular weight excluding hydrogens is 152 g/mol. The minimum atomic E-state index is 0.226. The van der Waals surface area contributed by atoms with E-state index in [4.69, 9.17) is 5.11 Å². The van der Waals surface area contributed by atoms with Gasteiger partial charge in [0.05, 0.1) is 6.61 Å². The smallest absolute Gasteiger partial charge is 0.0558 e. The molecule has 0 spiro atoms. The highest BCUT2D eigenvalue weighted by atomic mass is 16.3. The molecular formula is C9H16N2O. The Morgan fingerprint density at radius 2 is 2.33 bits per heavy atom. The van der Waals surface area contributed by atoms with Gasteiger partial charge in [0.15, 0.2) is 0 Å². The van der Waals surface area contributed by atoms with E-state index in [1.165, 1.54) is 5.56 Å². The monoisotopic (exact) mass is 168 g/mol. The highest BCUT2D eigenvalue weighted by Crippen LogP contribution is 2.02. The fraction of sp³-hybridized carbons (Fsp3) is 0.556. The van der Waals surface area contributed by atoms with Crippen molar-refractivity contribution < 1.29 is 5.11 Å². The molecule has 0 fully saturated rings. The van der Waals surface area contributed by atoms with Crippen molar-refractivity contribution in [1.29, 1.82) is 0 Å². The van der Waals surface area contributed by atoms with Crippen LogP contribution in [0.1, 0.15) is 5.56 Å². The van der Waals surface area contributed by atoms with Crippen LogP contribution in [-0.2, 0) is 13.6 Å². The lowest BCUT2D eigenvalue weighted by molar-refractivity contribution is 0.217. The number of rotatable bonds is 4. The summed E-state index contributed by atoms with van der Waals surface area (Å²) >= 11 is 0. The number of aryl methyl sites for hydroxylation is 1. The second-order valence-electron chi connectivity index (χ2n) is 3.15. The molecule has 0 atom stereocenters. The van der Waals surface area contributed by atoms with Crippen molar-refractivity contribution in [3.8, 4) is 0 Å². The topological polar surface area (TPSA) is 28.4 Å². The average molecular weight is 168 g/mol. The second-order valence-corrected chi connectivity index (χ2v) is 3.15. The molecule has 3 heteroatoms. The van der Waals surface area contributed by atoms with Crippen molar-refractivity contribution in [3.63, 3.8) is 0 Å². The first-order chi connectivity index (χ1) is 5.72. The molecule has 0 aromatic carbocycles. The van der Waals surface area contributed by atoms with Gasteiger partial charge in [-0.1, -0.05) is 0 Å². The third-order valence-corrected chi connectivity index (χ3v) is 1.83. The molecule has 0 aliphatic rings. The van der Waals surface area contributed by atoms with Crippen molar-refractivity contribution >= 4 is 0 Å². The molecule has 0 aliphatic heterocycles. The van der Waals surface area contributed by atoms with Gasteiger partial charge in [-0.25, -0.2) is 0 Å². The Bertz CT molecular complexity index is 232. The van der Waals surface area contributed by atoms with Gasteiger partial charge in [-0.3, -0.25) is 4.90 Å². The Morgan fingerprint density at radius 3 is 2.83 bits per heavy atom. The van der Waals surface area contributed by atoms with Crippen LogP contribution in [-0.4, -0.2) is 34.8 Å². The molecule has 1 aromatic heterocycles. The number of aliphatic hydroxyl groups excluding tert-OH is 1. The molecule has 68 valence electrons. The first kappa shape index (κ1) is 9.29. The van der Waals surface area contributed by atoms with Gasteiger partial charge in [0.1, 0.15) is 0 Å². The maximum absolute atomic E-state index is 8.67. The van der Waals surface area contributed by atoms with E-state index in [0.717, 1.165) is 13.1 Å². The molecule has 0 saturated heterocycles. The highest BCUT2D eigenvalue weighted by molar-refractivity contribution is 5.09. The first-order valence-corrected chi connectivity index (χ1v) is 4.12. The van der Waals surface area contributed by atoms with Gasteiger partial charge in [-0.05, 0) is 18.7 Å². The Labute approximate surface area is 73.2 Å². The summed E-state index contributed by atoms with van der Waals surface area (Å²) in [6.45, 7) is 1.86.